The SMILES string of the molecule is COc1cc(Nc2cc(Nc3cnc4ccccc4n3)ccn2)ccc1OC1CC(N(C)C)C1. The molecule has 2 N–H and O–H groups in total. The molecule has 2 heterocycles. The van der Waals surface area contributed by atoms with Crippen LogP contribution >= 0.6 is 0 Å². The summed E-state index contributed by atoms with van der Waals surface area (Å²) in [6.45, 7) is 0. The third-order valence-corrected chi connectivity index (χ3v) is 6.01. The van der Waals surface area contributed by atoms with E-state index >= 15 is 0 Å². The fourth-order valence-corrected chi connectivity index (χ4v) is 3.97. The average Bonchev–Trinajstić information content (AvgIpc) is 2.81. The molecule has 5 rings (SSSR count). The molecule has 174 valence electrons. The number of nitrogens with zero attached hydrogens (tertiary/aromatic N) is 4. The van der Waals surface area contributed by atoms with Crippen molar-refractivity contribution in [3.63, 3.8) is 0 Å². The fourth-order valence-electron chi connectivity index (χ4n) is 3.97. The Balaban J connectivity index is 1.26. The molecule has 0 aliphatic heterocycles. The molecule has 4 aromatic rings. The highest BCUT2D eigenvalue weighted by Gasteiger charge is 2.32. The maximum Gasteiger partial charge on any atom is 0.162 e. The molecule has 0 saturated heterocycles. The Bertz CT molecular complexity index is 1290. The van der Waals surface area contributed by atoms with Gasteiger partial charge in [0.05, 0.1) is 24.3 Å². The third kappa shape index (κ3) is 4.87. The van der Waals surface area contributed by atoms with E-state index in [4.69, 9.17) is 9.47 Å². The van der Waals surface area contributed by atoms with E-state index < -0.39 is 0 Å². The topological polar surface area (TPSA) is 84.4 Å². The average molecular weight is 457 g/mol. The molecule has 0 atom stereocenters. The number of nitrogens with one attached hydrogen (secondary N) is 2. The van der Waals surface area contributed by atoms with Gasteiger partial charge in [0, 0.05) is 35.7 Å². The van der Waals surface area contributed by atoms with Crippen LogP contribution in [0.5, 0.6) is 11.5 Å². The van der Waals surface area contributed by atoms with Crippen LogP contribution in [0, 0.1) is 0 Å². The van der Waals surface area contributed by atoms with Crippen molar-refractivity contribution in [2.24, 2.45) is 0 Å². The highest BCUT2D eigenvalue weighted by Crippen LogP contribution is 2.36. The van der Waals surface area contributed by atoms with Crippen LogP contribution in [0.25, 0.3) is 11.0 Å². The molecular weight excluding hydrogens is 428 g/mol. The lowest BCUT2D eigenvalue weighted by atomic mass is 9.88. The first-order valence-corrected chi connectivity index (χ1v) is 11.3. The van der Waals surface area contributed by atoms with E-state index in [1.165, 1.54) is 0 Å². The molecule has 8 heteroatoms. The van der Waals surface area contributed by atoms with E-state index in [2.05, 4.69) is 44.6 Å². The van der Waals surface area contributed by atoms with Gasteiger partial charge in [0.15, 0.2) is 11.5 Å². The van der Waals surface area contributed by atoms with Gasteiger partial charge in [-0.05, 0) is 57.3 Å². The van der Waals surface area contributed by atoms with Gasteiger partial charge in [0.1, 0.15) is 17.7 Å². The van der Waals surface area contributed by atoms with Gasteiger partial charge in [0.25, 0.3) is 0 Å². The van der Waals surface area contributed by atoms with Crippen LogP contribution in [0.1, 0.15) is 12.8 Å². The van der Waals surface area contributed by atoms with Crippen LogP contribution in [0.2, 0.25) is 0 Å². The lowest BCUT2D eigenvalue weighted by Gasteiger charge is -2.39. The summed E-state index contributed by atoms with van der Waals surface area (Å²) < 4.78 is 11.7. The standard InChI is InChI=1S/C26H28N6O2/c1-32(2)19-14-20(15-19)34-23-9-8-17(12-24(23)33-3)29-25-13-18(10-11-27-25)30-26-16-28-21-6-4-5-7-22(21)31-26/h4-13,16,19-20H,14-15H2,1-3H3,(H2,27,29,30,31). The van der Waals surface area contributed by atoms with Gasteiger partial charge in [-0.1, -0.05) is 12.1 Å². The van der Waals surface area contributed by atoms with Crippen molar-refractivity contribution in [3.8, 4) is 11.5 Å². The zero-order chi connectivity index (χ0) is 23.5. The Hall–Kier alpha value is -3.91. The maximum absolute atomic E-state index is 6.16. The normalized spacial score (nSPS) is 17.3. The summed E-state index contributed by atoms with van der Waals surface area (Å²) in [5.41, 5.74) is 3.42. The number of methoxy groups -OCH3 is 1. The van der Waals surface area contributed by atoms with Gasteiger partial charge in [-0.3, -0.25) is 4.98 Å². The van der Waals surface area contributed by atoms with E-state index in [-0.39, 0.29) is 6.10 Å². The first-order chi connectivity index (χ1) is 16.6. The molecule has 1 fully saturated rings. The van der Waals surface area contributed by atoms with Gasteiger partial charge in [-0.25, -0.2) is 9.97 Å². The summed E-state index contributed by atoms with van der Waals surface area (Å²) in [5.74, 6) is 2.82. The minimum Gasteiger partial charge on any atom is -0.493 e. The van der Waals surface area contributed by atoms with Crippen molar-refractivity contribution in [1.82, 2.24) is 19.9 Å². The number of anilines is 4. The lowest BCUT2D eigenvalue weighted by Crippen LogP contribution is -2.46. The van der Waals surface area contributed by atoms with Crippen LogP contribution in [0.15, 0.2) is 67.0 Å². The predicted molar refractivity (Wildman–Crippen MR) is 134 cm³/mol. The monoisotopic (exact) mass is 456 g/mol. The number of pyridine rings is 1. The Morgan fingerprint density at radius 3 is 2.41 bits per heavy atom. The van der Waals surface area contributed by atoms with E-state index in [1.807, 2.05) is 54.6 Å². The third-order valence-electron chi connectivity index (χ3n) is 6.01. The number of para-hydroxylation sites is 2. The number of rotatable bonds is 8. The second kappa shape index (κ2) is 9.52. The molecule has 8 nitrogen and oxygen atoms in total. The number of hydrogen-bond donors (Lipinski definition) is 2. The molecule has 0 bridgehead atoms. The van der Waals surface area contributed by atoms with E-state index in [0.29, 0.717) is 23.4 Å². The van der Waals surface area contributed by atoms with Gasteiger partial charge in [0.2, 0.25) is 0 Å². The maximum atomic E-state index is 6.16. The van der Waals surface area contributed by atoms with Crippen LogP contribution < -0.4 is 20.1 Å². The van der Waals surface area contributed by atoms with E-state index in [1.54, 1.807) is 19.5 Å². The lowest BCUT2D eigenvalue weighted by molar-refractivity contribution is 0.0383. The second-order valence-electron chi connectivity index (χ2n) is 8.62. The molecule has 0 radical (unpaired) electrons. The minimum absolute atomic E-state index is 0.225. The number of aromatic nitrogens is 3. The Kier molecular flexibility index (Phi) is 6.14. The Labute approximate surface area is 199 Å². The largest absolute Gasteiger partial charge is 0.493 e. The van der Waals surface area contributed by atoms with Crippen molar-refractivity contribution >= 4 is 34.0 Å². The molecule has 2 aromatic heterocycles. The van der Waals surface area contributed by atoms with Crippen molar-refractivity contribution in [2.45, 2.75) is 25.0 Å². The van der Waals surface area contributed by atoms with Crippen molar-refractivity contribution in [3.05, 3.63) is 67.0 Å². The van der Waals surface area contributed by atoms with Gasteiger partial charge >= 0.3 is 0 Å². The fraction of sp³-hybridized carbons (Fsp3) is 0.269. The molecule has 0 amide bonds. The number of benzene rings is 2. The highest BCUT2D eigenvalue weighted by atomic mass is 16.5. The zero-order valence-electron chi connectivity index (χ0n) is 19.5. The first-order valence-electron chi connectivity index (χ1n) is 11.3. The summed E-state index contributed by atoms with van der Waals surface area (Å²) in [5, 5.41) is 6.63. The molecule has 1 aliphatic carbocycles. The Morgan fingerprint density at radius 2 is 1.62 bits per heavy atom. The number of ether oxygens (including phenoxy) is 2. The van der Waals surface area contributed by atoms with Crippen LogP contribution in [0.4, 0.5) is 23.0 Å². The molecule has 0 spiro atoms. The summed E-state index contributed by atoms with van der Waals surface area (Å²) in [4.78, 5) is 15.8. The number of fused-ring (bicyclic) bond motifs is 1. The second-order valence-corrected chi connectivity index (χ2v) is 8.62. The highest BCUT2D eigenvalue weighted by molar-refractivity contribution is 5.76. The summed E-state index contributed by atoms with van der Waals surface area (Å²) in [6, 6.07) is 18.0. The smallest absolute Gasteiger partial charge is 0.162 e. The van der Waals surface area contributed by atoms with Crippen molar-refractivity contribution in [2.75, 3.05) is 31.8 Å². The minimum atomic E-state index is 0.225. The van der Waals surface area contributed by atoms with E-state index in [0.717, 1.165) is 41.0 Å². The summed E-state index contributed by atoms with van der Waals surface area (Å²) in [7, 11) is 5.87. The van der Waals surface area contributed by atoms with Gasteiger partial charge < -0.3 is 25.0 Å². The van der Waals surface area contributed by atoms with Crippen LogP contribution in [-0.2, 0) is 0 Å². The molecule has 0 unspecified atom stereocenters. The first kappa shape index (κ1) is 21.9. The molecule has 1 saturated carbocycles. The van der Waals surface area contributed by atoms with Crippen LogP contribution in [-0.4, -0.2) is 53.2 Å². The summed E-state index contributed by atoms with van der Waals surface area (Å²) >= 11 is 0. The van der Waals surface area contributed by atoms with Crippen LogP contribution in [0.3, 0.4) is 0 Å². The predicted octanol–water partition coefficient (Wildman–Crippen LogP) is 4.99. The summed E-state index contributed by atoms with van der Waals surface area (Å²) in [6.07, 6.45) is 5.75. The molecule has 34 heavy (non-hydrogen) atoms. The van der Waals surface area contributed by atoms with Gasteiger partial charge in [-0.15, -0.1) is 0 Å². The molecule has 1 aliphatic rings. The van der Waals surface area contributed by atoms with E-state index in [9.17, 15) is 0 Å². The molecular formula is C26H28N6O2. The van der Waals surface area contributed by atoms with Gasteiger partial charge in [-0.2, -0.15) is 0 Å². The zero-order valence-corrected chi connectivity index (χ0v) is 19.5. The molecule has 2 aromatic carbocycles. The van der Waals surface area contributed by atoms with Crippen molar-refractivity contribution < 1.29 is 9.47 Å². The number of hydrogen-bond acceptors (Lipinski definition) is 8. The van der Waals surface area contributed by atoms with Crippen molar-refractivity contribution in [1.29, 1.82) is 0 Å². The Morgan fingerprint density at radius 1 is 0.853 bits per heavy atom. The quantitative estimate of drug-likeness (QED) is 0.384.